The van der Waals surface area contributed by atoms with Crippen LogP contribution in [0.25, 0.3) is 0 Å². The van der Waals surface area contributed by atoms with Crippen molar-refractivity contribution in [3.63, 3.8) is 0 Å². The Hall–Kier alpha value is -1.58. The first-order valence-corrected chi connectivity index (χ1v) is 10.5. The maximum Gasteiger partial charge on any atom is 0.248 e. The smallest absolute Gasteiger partial charge is 0.248 e. The molecule has 4 nitrogen and oxygen atoms in total. The molecule has 0 aliphatic carbocycles. The van der Waals surface area contributed by atoms with Gasteiger partial charge in [-0.25, -0.2) is 0 Å². The highest BCUT2D eigenvalue weighted by Crippen LogP contribution is 2.42. The van der Waals surface area contributed by atoms with Gasteiger partial charge in [0.1, 0.15) is 5.75 Å². The minimum absolute atomic E-state index is 0.264. The van der Waals surface area contributed by atoms with Crippen LogP contribution in [0.5, 0.6) is 5.75 Å². The second-order valence-electron chi connectivity index (χ2n) is 7.03. The van der Waals surface area contributed by atoms with Crippen LogP contribution in [-0.2, 0) is 22.1 Å². The minimum atomic E-state index is -2.98. The summed E-state index contributed by atoms with van der Waals surface area (Å²) in [6.45, 7) is 8.59. The van der Waals surface area contributed by atoms with E-state index in [0.717, 1.165) is 17.5 Å². The lowest BCUT2D eigenvalue weighted by atomic mass is 9.92. The summed E-state index contributed by atoms with van der Waals surface area (Å²) in [4.78, 5) is 9.80. The molecular formula is C21H29O4P. The van der Waals surface area contributed by atoms with E-state index in [9.17, 15) is 10.00 Å². The third-order valence-corrected chi connectivity index (χ3v) is 5.67. The van der Waals surface area contributed by atoms with Crippen LogP contribution >= 0.6 is 7.57 Å². The highest BCUT2D eigenvalue weighted by atomic mass is 31.2. The number of aryl methyl sites for hydroxylation is 2. The lowest BCUT2D eigenvalue weighted by molar-refractivity contribution is 0.216. The molecule has 26 heavy (non-hydrogen) atoms. The molecule has 0 aromatic heterocycles. The Morgan fingerprint density at radius 2 is 1.69 bits per heavy atom. The van der Waals surface area contributed by atoms with Gasteiger partial charge in [0, 0.05) is 7.11 Å². The fourth-order valence-electron chi connectivity index (χ4n) is 3.05. The molecule has 2 N–H and O–H groups in total. The normalized spacial score (nSPS) is 13.8. The lowest BCUT2D eigenvalue weighted by Crippen LogP contribution is -2.01. The van der Waals surface area contributed by atoms with Gasteiger partial charge in [-0.15, -0.1) is 0 Å². The van der Waals surface area contributed by atoms with Gasteiger partial charge in [-0.1, -0.05) is 38.1 Å². The van der Waals surface area contributed by atoms with Gasteiger partial charge in [-0.2, -0.15) is 0 Å². The molecule has 0 bridgehead atoms. The van der Waals surface area contributed by atoms with Crippen molar-refractivity contribution in [1.29, 1.82) is 0 Å². The fraction of sp³-hybridized carbons (Fsp3) is 0.381. The molecule has 0 heterocycles. The van der Waals surface area contributed by atoms with Gasteiger partial charge in [0.15, 0.2) is 0 Å². The summed E-state index contributed by atoms with van der Waals surface area (Å²) in [7, 11) is -1.59. The molecule has 0 radical (unpaired) electrons. The molecule has 0 fully saturated rings. The molecule has 1 unspecified atom stereocenters. The van der Waals surface area contributed by atoms with E-state index in [1.807, 2.05) is 6.07 Å². The quantitative estimate of drug-likeness (QED) is 0.662. The number of benzene rings is 2. The van der Waals surface area contributed by atoms with Crippen molar-refractivity contribution in [2.24, 2.45) is 0 Å². The van der Waals surface area contributed by atoms with E-state index in [0.29, 0.717) is 5.75 Å². The van der Waals surface area contributed by atoms with Crippen LogP contribution in [0.15, 0.2) is 30.3 Å². The number of hydrogen-bond donors (Lipinski definition) is 2. The molecule has 2 aromatic carbocycles. The number of rotatable bonds is 7. The van der Waals surface area contributed by atoms with Crippen molar-refractivity contribution < 1.29 is 19.0 Å². The Balaban J connectivity index is 2.23. The van der Waals surface area contributed by atoms with Crippen LogP contribution in [0.1, 0.15) is 53.1 Å². The highest BCUT2D eigenvalue weighted by Gasteiger charge is 2.13. The highest BCUT2D eigenvalue weighted by molar-refractivity contribution is 7.58. The maximum absolute atomic E-state index is 10.0. The van der Waals surface area contributed by atoms with E-state index < -0.39 is 7.57 Å². The monoisotopic (exact) mass is 376 g/mol. The third-order valence-electron chi connectivity index (χ3n) is 4.57. The van der Waals surface area contributed by atoms with Gasteiger partial charge >= 0.3 is 0 Å². The number of phenolic OH excluding ortho intramolecular Hbond substituents is 1. The summed E-state index contributed by atoms with van der Waals surface area (Å²) in [5, 5.41) is 10.0. The molecule has 142 valence electrons. The van der Waals surface area contributed by atoms with E-state index in [4.69, 9.17) is 9.05 Å². The minimum Gasteiger partial charge on any atom is -0.508 e. The van der Waals surface area contributed by atoms with E-state index in [2.05, 4.69) is 52.2 Å². The average molecular weight is 376 g/mol. The Morgan fingerprint density at radius 3 is 2.23 bits per heavy atom. The molecule has 2 aromatic rings. The lowest BCUT2D eigenvalue weighted by Gasteiger charge is -2.18. The van der Waals surface area contributed by atoms with Crippen molar-refractivity contribution in [2.75, 3.05) is 7.11 Å². The van der Waals surface area contributed by atoms with E-state index in [-0.39, 0.29) is 12.5 Å². The first-order valence-electron chi connectivity index (χ1n) is 8.70. The van der Waals surface area contributed by atoms with Crippen molar-refractivity contribution in [3.8, 4) is 5.75 Å². The Morgan fingerprint density at radius 1 is 1.08 bits per heavy atom. The fourth-order valence-corrected chi connectivity index (χ4v) is 3.51. The molecule has 2 rings (SSSR count). The zero-order valence-corrected chi connectivity index (χ0v) is 17.1. The molecule has 0 aliphatic rings. The summed E-state index contributed by atoms with van der Waals surface area (Å²) in [5.41, 5.74) is 6.74. The second-order valence-corrected chi connectivity index (χ2v) is 8.92. The zero-order valence-electron chi connectivity index (χ0n) is 16.2. The SMILES string of the molecule is C=P(O)(OC)OCc1cc(C)c(Cc2ccc(O)c(C(C)C)c2)c(C)c1. The standard InChI is InChI=1S/C21H29O4P/c1-14(2)19-11-17(7-8-21(19)22)12-20-15(3)9-18(10-16(20)4)13-25-26(6,23)24-5/h7-11,14,22-23H,6,12-13H2,1-5H3. The molecule has 0 spiro atoms. The van der Waals surface area contributed by atoms with Gasteiger partial charge in [-0.3, -0.25) is 0 Å². The Bertz CT molecular complexity index is 804. The third kappa shape index (κ3) is 5.21. The molecule has 5 heteroatoms. The van der Waals surface area contributed by atoms with E-state index in [1.54, 1.807) is 6.07 Å². The first-order chi connectivity index (χ1) is 12.1. The van der Waals surface area contributed by atoms with Crippen LogP contribution in [-0.4, -0.2) is 23.4 Å². The topological polar surface area (TPSA) is 58.9 Å². The van der Waals surface area contributed by atoms with Crippen LogP contribution in [0.2, 0.25) is 0 Å². The van der Waals surface area contributed by atoms with Crippen LogP contribution in [0, 0.1) is 13.8 Å². The van der Waals surface area contributed by atoms with Gasteiger partial charge in [0.05, 0.1) is 6.61 Å². The molecule has 1 atom stereocenters. The second kappa shape index (κ2) is 8.41. The summed E-state index contributed by atoms with van der Waals surface area (Å²) < 4.78 is 10.3. The van der Waals surface area contributed by atoms with Crippen LogP contribution in [0.3, 0.4) is 0 Å². The predicted molar refractivity (Wildman–Crippen MR) is 109 cm³/mol. The van der Waals surface area contributed by atoms with Gasteiger partial charge < -0.3 is 19.0 Å². The predicted octanol–water partition coefficient (Wildman–Crippen LogP) is 5.07. The molecule has 0 saturated heterocycles. The largest absolute Gasteiger partial charge is 0.508 e. The number of hydrogen-bond acceptors (Lipinski definition) is 4. The number of aromatic hydroxyl groups is 1. The van der Waals surface area contributed by atoms with Crippen molar-refractivity contribution in [2.45, 2.75) is 46.6 Å². The summed E-state index contributed by atoms with van der Waals surface area (Å²) in [5.74, 6) is 0.633. The van der Waals surface area contributed by atoms with E-state index in [1.165, 1.54) is 29.4 Å². The van der Waals surface area contributed by atoms with Crippen molar-refractivity contribution >= 4 is 13.9 Å². The summed E-state index contributed by atoms with van der Waals surface area (Å²) >= 11 is 0. The molecule has 0 aliphatic heterocycles. The van der Waals surface area contributed by atoms with Gasteiger partial charge in [0.25, 0.3) is 0 Å². The molecule has 0 saturated carbocycles. The number of phenols is 1. The van der Waals surface area contributed by atoms with Gasteiger partial charge in [-0.05, 0) is 71.9 Å². The molecular weight excluding hydrogens is 347 g/mol. The van der Waals surface area contributed by atoms with Gasteiger partial charge in [0.2, 0.25) is 7.57 Å². The van der Waals surface area contributed by atoms with Crippen LogP contribution in [0.4, 0.5) is 0 Å². The van der Waals surface area contributed by atoms with E-state index >= 15 is 0 Å². The Labute approximate surface area is 156 Å². The van der Waals surface area contributed by atoms with Crippen LogP contribution < -0.4 is 0 Å². The summed E-state index contributed by atoms with van der Waals surface area (Å²) in [6, 6.07) is 9.98. The molecule has 0 amide bonds. The Kier molecular flexibility index (Phi) is 6.70. The van der Waals surface area contributed by atoms with Crippen molar-refractivity contribution in [3.05, 3.63) is 63.7 Å². The zero-order chi connectivity index (χ0) is 19.5. The first kappa shape index (κ1) is 20.7. The van der Waals surface area contributed by atoms with Crippen molar-refractivity contribution in [1.82, 2.24) is 0 Å². The maximum atomic E-state index is 10.0. The average Bonchev–Trinajstić information content (AvgIpc) is 2.57. The summed E-state index contributed by atoms with van der Waals surface area (Å²) in [6.07, 6.45) is 4.36.